The molecule has 1 fully saturated rings. The number of halogens is 4. The summed E-state index contributed by atoms with van der Waals surface area (Å²) >= 11 is 23.5. The summed E-state index contributed by atoms with van der Waals surface area (Å²) < 4.78 is -0.600. The normalized spacial score (nSPS) is 24.5. The van der Waals surface area contributed by atoms with Gasteiger partial charge in [-0.3, -0.25) is 0 Å². The predicted octanol–water partition coefficient (Wildman–Crippen LogP) is 4.65. The molecule has 1 saturated carbocycles. The van der Waals surface area contributed by atoms with Crippen LogP contribution in [-0.4, -0.2) is 4.33 Å². The molecule has 0 heterocycles. The van der Waals surface area contributed by atoms with Crippen LogP contribution >= 0.6 is 46.4 Å². The first-order valence-corrected chi connectivity index (χ1v) is 5.34. The second kappa shape index (κ2) is 3.20. The fourth-order valence-corrected chi connectivity index (χ4v) is 2.17. The van der Waals surface area contributed by atoms with E-state index in [9.17, 15) is 0 Å². The summed E-state index contributed by atoms with van der Waals surface area (Å²) in [7, 11) is 0. The van der Waals surface area contributed by atoms with Crippen molar-refractivity contribution in [2.75, 3.05) is 0 Å². The van der Waals surface area contributed by atoms with E-state index >= 15 is 0 Å². The van der Waals surface area contributed by atoms with Crippen molar-refractivity contribution in [1.29, 1.82) is 0 Å². The molecule has 0 aromatic heterocycles. The number of hydrogen-bond acceptors (Lipinski definition) is 0. The first kappa shape index (κ1) is 9.92. The summed E-state index contributed by atoms with van der Waals surface area (Å²) in [5, 5.41) is 1.11. The lowest BCUT2D eigenvalue weighted by molar-refractivity contribution is 1.11. The van der Waals surface area contributed by atoms with Crippen molar-refractivity contribution in [2.45, 2.75) is 16.7 Å². The third kappa shape index (κ3) is 1.92. The molecule has 13 heavy (non-hydrogen) atoms. The molecule has 0 aliphatic heterocycles. The molecule has 70 valence electrons. The van der Waals surface area contributed by atoms with Gasteiger partial charge in [0.15, 0.2) is 0 Å². The Labute approximate surface area is 96.7 Å². The minimum Gasteiger partial charge on any atom is -0.101 e. The van der Waals surface area contributed by atoms with E-state index in [1.165, 1.54) is 0 Å². The molecule has 0 radical (unpaired) electrons. The minimum absolute atomic E-state index is 0.200. The van der Waals surface area contributed by atoms with Crippen molar-refractivity contribution in [3.8, 4) is 0 Å². The highest BCUT2D eigenvalue weighted by atomic mass is 35.5. The van der Waals surface area contributed by atoms with E-state index in [2.05, 4.69) is 0 Å². The highest BCUT2D eigenvalue weighted by molar-refractivity contribution is 6.51. The topological polar surface area (TPSA) is 0 Å². The average molecular weight is 256 g/mol. The fraction of sp³-hybridized carbons (Fsp3) is 0.333. The Morgan fingerprint density at radius 1 is 1.15 bits per heavy atom. The predicted molar refractivity (Wildman–Crippen MR) is 58.3 cm³/mol. The second-order valence-corrected chi connectivity index (χ2v) is 5.55. The molecule has 0 nitrogen and oxygen atoms in total. The maximum Gasteiger partial charge on any atom is 0.125 e. The van der Waals surface area contributed by atoms with Crippen LogP contribution in [-0.2, 0) is 0 Å². The van der Waals surface area contributed by atoms with Crippen LogP contribution in [0, 0.1) is 0 Å². The molecule has 0 amide bonds. The van der Waals surface area contributed by atoms with Crippen molar-refractivity contribution in [3.05, 3.63) is 33.8 Å². The summed E-state index contributed by atoms with van der Waals surface area (Å²) in [4.78, 5) is 0. The molecule has 0 bridgehead atoms. The zero-order valence-electron chi connectivity index (χ0n) is 6.53. The Morgan fingerprint density at radius 2 is 1.77 bits per heavy atom. The maximum atomic E-state index is 5.92. The van der Waals surface area contributed by atoms with Crippen LogP contribution in [0.3, 0.4) is 0 Å². The van der Waals surface area contributed by atoms with Gasteiger partial charge in [-0.2, -0.15) is 0 Å². The third-order valence-corrected chi connectivity index (χ3v) is 3.75. The van der Waals surface area contributed by atoms with Crippen LogP contribution in [0.4, 0.5) is 0 Å². The number of rotatable bonds is 1. The van der Waals surface area contributed by atoms with E-state index in [0.29, 0.717) is 10.0 Å². The zero-order valence-corrected chi connectivity index (χ0v) is 9.55. The van der Waals surface area contributed by atoms with Crippen molar-refractivity contribution in [3.63, 3.8) is 0 Å². The smallest absolute Gasteiger partial charge is 0.101 e. The Kier molecular flexibility index (Phi) is 2.44. The number of alkyl halides is 2. The summed E-state index contributed by atoms with van der Waals surface area (Å²) in [6, 6.07) is 5.49. The molecule has 1 atom stereocenters. The van der Waals surface area contributed by atoms with Crippen molar-refractivity contribution >= 4 is 46.4 Å². The minimum atomic E-state index is -0.600. The standard InChI is InChI=1S/C9H6Cl4/c10-7-2-1-5(3-8(7)11)6-4-9(6,12)13/h1-3,6H,4H2. The van der Waals surface area contributed by atoms with Gasteiger partial charge < -0.3 is 0 Å². The molecule has 1 aliphatic carbocycles. The van der Waals surface area contributed by atoms with Crippen molar-refractivity contribution in [1.82, 2.24) is 0 Å². The molecular formula is C9H6Cl4. The highest BCUT2D eigenvalue weighted by Gasteiger charge is 2.52. The zero-order chi connectivity index (χ0) is 9.64. The van der Waals surface area contributed by atoms with E-state index in [1.807, 2.05) is 12.1 Å². The van der Waals surface area contributed by atoms with Gasteiger partial charge in [-0.25, -0.2) is 0 Å². The van der Waals surface area contributed by atoms with E-state index in [-0.39, 0.29) is 5.92 Å². The van der Waals surface area contributed by atoms with Crippen LogP contribution in [0.15, 0.2) is 18.2 Å². The van der Waals surface area contributed by atoms with Gasteiger partial charge in [-0.15, -0.1) is 23.2 Å². The van der Waals surface area contributed by atoms with E-state index in [0.717, 1.165) is 12.0 Å². The van der Waals surface area contributed by atoms with Crippen LogP contribution in [0.5, 0.6) is 0 Å². The van der Waals surface area contributed by atoms with Crippen molar-refractivity contribution in [2.24, 2.45) is 0 Å². The number of benzene rings is 1. The Balaban J connectivity index is 2.29. The van der Waals surface area contributed by atoms with Crippen LogP contribution in [0.1, 0.15) is 17.9 Å². The van der Waals surface area contributed by atoms with Gasteiger partial charge in [0.1, 0.15) is 4.33 Å². The second-order valence-electron chi connectivity index (χ2n) is 3.19. The Morgan fingerprint density at radius 3 is 2.23 bits per heavy atom. The SMILES string of the molecule is Clc1ccc(C2CC2(Cl)Cl)cc1Cl. The molecule has 1 aliphatic rings. The molecule has 0 spiro atoms. The molecule has 1 unspecified atom stereocenters. The van der Waals surface area contributed by atoms with Gasteiger partial charge in [-0.05, 0) is 24.1 Å². The average Bonchev–Trinajstić information content (AvgIpc) is 2.66. The lowest BCUT2D eigenvalue weighted by Crippen LogP contribution is -1.89. The summed E-state index contributed by atoms with van der Waals surface area (Å²) in [6.07, 6.45) is 0.786. The van der Waals surface area contributed by atoms with Gasteiger partial charge >= 0.3 is 0 Å². The molecule has 4 heteroatoms. The summed E-state index contributed by atoms with van der Waals surface area (Å²) in [6.45, 7) is 0. The summed E-state index contributed by atoms with van der Waals surface area (Å²) in [5.74, 6) is 0.200. The van der Waals surface area contributed by atoms with Crippen LogP contribution in [0.25, 0.3) is 0 Å². The number of hydrogen-bond donors (Lipinski definition) is 0. The van der Waals surface area contributed by atoms with Gasteiger partial charge in [0.05, 0.1) is 10.0 Å². The highest BCUT2D eigenvalue weighted by Crippen LogP contribution is 2.59. The van der Waals surface area contributed by atoms with Crippen molar-refractivity contribution < 1.29 is 0 Å². The van der Waals surface area contributed by atoms with Gasteiger partial charge in [-0.1, -0.05) is 29.3 Å². The van der Waals surface area contributed by atoms with E-state index < -0.39 is 4.33 Å². The first-order valence-electron chi connectivity index (χ1n) is 3.83. The van der Waals surface area contributed by atoms with Crippen LogP contribution < -0.4 is 0 Å². The van der Waals surface area contributed by atoms with Gasteiger partial charge in [0, 0.05) is 5.92 Å². The Hall–Kier alpha value is 0.380. The lowest BCUT2D eigenvalue weighted by Gasteiger charge is -2.02. The van der Waals surface area contributed by atoms with E-state index in [1.54, 1.807) is 6.07 Å². The Bertz CT molecular complexity index is 345. The quantitative estimate of drug-likeness (QED) is 0.641. The lowest BCUT2D eigenvalue weighted by atomic mass is 10.1. The first-order chi connectivity index (χ1) is 6.00. The molecule has 2 rings (SSSR count). The molecular weight excluding hydrogens is 250 g/mol. The molecule has 0 saturated heterocycles. The molecule has 1 aromatic carbocycles. The van der Waals surface area contributed by atoms with Crippen LogP contribution in [0.2, 0.25) is 10.0 Å². The van der Waals surface area contributed by atoms with E-state index in [4.69, 9.17) is 46.4 Å². The molecule has 0 N–H and O–H groups in total. The monoisotopic (exact) mass is 254 g/mol. The largest absolute Gasteiger partial charge is 0.125 e. The fourth-order valence-electron chi connectivity index (χ4n) is 1.30. The third-order valence-electron chi connectivity index (χ3n) is 2.17. The maximum absolute atomic E-state index is 5.92. The van der Waals surface area contributed by atoms with Gasteiger partial charge in [0.2, 0.25) is 0 Å². The summed E-state index contributed by atoms with van der Waals surface area (Å²) in [5.41, 5.74) is 1.06. The van der Waals surface area contributed by atoms with Gasteiger partial charge in [0.25, 0.3) is 0 Å². The molecule has 1 aromatic rings.